The zero-order valence-corrected chi connectivity index (χ0v) is 10.9. The summed E-state index contributed by atoms with van der Waals surface area (Å²) in [5, 5.41) is 9.78. The van der Waals surface area contributed by atoms with Gasteiger partial charge in [0.2, 0.25) is 0 Å². The highest BCUT2D eigenvalue weighted by molar-refractivity contribution is 5.90. The second-order valence-electron chi connectivity index (χ2n) is 4.00. The van der Waals surface area contributed by atoms with Crippen LogP contribution in [0.15, 0.2) is 18.5 Å². The van der Waals surface area contributed by atoms with Crippen LogP contribution in [0.25, 0.3) is 10.9 Å². The predicted molar refractivity (Wildman–Crippen MR) is 71.0 cm³/mol. The lowest BCUT2D eigenvalue weighted by Crippen LogP contribution is -2.27. The first-order chi connectivity index (χ1) is 9.21. The fraction of sp³-hybridized carbons (Fsp3) is 0.385. The normalized spacial score (nSPS) is 10.7. The van der Waals surface area contributed by atoms with E-state index in [1.165, 1.54) is 19.5 Å². The highest BCUT2D eigenvalue weighted by atomic mass is 19.1. The standard InChI is InChI=1S/C13H16FN3O2/c1-3-17(4-5-18)13-9-6-12(19-2)10(14)7-11(9)15-8-16-13/h6-8,18H,3-5H2,1-2H3. The minimum atomic E-state index is -0.454. The van der Waals surface area contributed by atoms with Crippen molar-refractivity contribution in [2.24, 2.45) is 0 Å². The number of halogens is 1. The number of aromatic nitrogens is 2. The number of likely N-dealkylation sites (N-methyl/N-ethyl adjacent to an activating group) is 1. The Morgan fingerprint density at radius 1 is 1.37 bits per heavy atom. The van der Waals surface area contributed by atoms with Crippen LogP contribution in [-0.2, 0) is 0 Å². The molecule has 0 fully saturated rings. The van der Waals surface area contributed by atoms with Crippen LogP contribution in [0.5, 0.6) is 5.75 Å². The zero-order valence-electron chi connectivity index (χ0n) is 10.9. The van der Waals surface area contributed by atoms with E-state index in [9.17, 15) is 4.39 Å². The quantitative estimate of drug-likeness (QED) is 0.889. The highest BCUT2D eigenvalue weighted by Crippen LogP contribution is 2.28. The Bertz CT molecular complexity index is 577. The van der Waals surface area contributed by atoms with Crippen molar-refractivity contribution in [2.75, 3.05) is 31.7 Å². The number of benzene rings is 1. The summed E-state index contributed by atoms with van der Waals surface area (Å²) in [5.41, 5.74) is 0.514. The molecule has 1 aromatic carbocycles. The van der Waals surface area contributed by atoms with E-state index in [2.05, 4.69) is 9.97 Å². The number of aliphatic hydroxyl groups is 1. The van der Waals surface area contributed by atoms with Gasteiger partial charge in [-0.3, -0.25) is 0 Å². The van der Waals surface area contributed by atoms with E-state index in [4.69, 9.17) is 9.84 Å². The number of hydrogen-bond acceptors (Lipinski definition) is 5. The first-order valence-corrected chi connectivity index (χ1v) is 6.05. The molecule has 0 radical (unpaired) electrons. The van der Waals surface area contributed by atoms with Gasteiger partial charge >= 0.3 is 0 Å². The number of hydrogen-bond donors (Lipinski definition) is 1. The average Bonchev–Trinajstić information content (AvgIpc) is 2.43. The first kappa shape index (κ1) is 13.5. The molecule has 0 unspecified atom stereocenters. The maximum absolute atomic E-state index is 13.6. The molecule has 0 saturated heterocycles. The molecule has 102 valence electrons. The van der Waals surface area contributed by atoms with Gasteiger partial charge in [-0.2, -0.15) is 0 Å². The fourth-order valence-electron chi connectivity index (χ4n) is 1.99. The molecule has 1 aromatic heterocycles. The molecule has 5 nitrogen and oxygen atoms in total. The summed E-state index contributed by atoms with van der Waals surface area (Å²) in [6.07, 6.45) is 1.39. The largest absolute Gasteiger partial charge is 0.494 e. The van der Waals surface area contributed by atoms with Crippen molar-refractivity contribution in [1.29, 1.82) is 0 Å². The number of nitrogens with zero attached hydrogens (tertiary/aromatic N) is 3. The SMILES string of the molecule is CCN(CCO)c1ncnc2cc(F)c(OC)cc12. The molecular weight excluding hydrogens is 249 g/mol. The minimum absolute atomic E-state index is 0.0255. The topological polar surface area (TPSA) is 58.5 Å². The van der Waals surface area contributed by atoms with Crippen LogP contribution >= 0.6 is 0 Å². The minimum Gasteiger partial charge on any atom is -0.494 e. The lowest BCUT2D eigenvalue weighted by molar-refractivity contribution is 0.302. The van der Waals surface area contributed by atoms with Gasteiger partial charge in [-0.15, -0.1) is 0 Å². The Labute approximate surface area is 110 Å². The predicted octanol–water partition coefficient (Wildman–Crippen LogP) is 1.60. The molecule has 1 N–H and O–H groups in total. The van der Waals surface area contributed by atoms with Gasteiger partial charge in [-0.05, 0) is 13.0 Å². The zero-order chi connectivity index (χ0) is 13.8. The molecule has 2 rings (SSSR count). The van der Waals surface area contributed by atoms with Crippen molar-refractivity contribution in [3.63, 3.8) is 0 Å². The van der Waals surface area contributed by atoms with E-state index >= 15 is 0 Å². The van der Waals surface area contributed by atoms with E-state index in [1.807, 2.05) is 11.8 Å². The highest BCUT2D eigenvalue weighted by Gasteiger charge is 2.13. The van der Waals surface area contributed by atoms with Gasteiger partial charge in [0.05, 0.1) is 19.2 Å². The molecule has 0 spiro atoms. The molecule has 0 saturated carbocycles. The molecule has 1 heterocycles. The number of anilines is 1. The average molecular weight is 265 g/mol. The van der Waals surface area contributed by atoms with E-state index < -0.39 is 5.82 Å². The van der Waals surface area contributed by atoms with Crippen LogP contribution < -0.4 is 9.64 Å². The molecule has 0 amide bonds. The van der Waals surface area contributed by atoms with Gasteiger partial charge in [-0.25, -0.2) is 14.4 Å². The third-order valence-corrected chi connectivity index (χ3v) is 2.94. The summed E-state index contributed by atoms with van der Waals surface area (Å²) in [6, 6.07) is 2.91. The lowest BCUT2D eigenvalue weighted by atomic mass is 10.2. The van der Waals surface area contributed by atoms with Gasteiger partial charge in [0, 0.05) is 24.5 Å². The van der Waals surface area contributed by atoms with Crippen molar-refractivity contribution >= 4 is 16.7 Å². The van der Waals surface area contributed by atoms with Crippen molar-refractivity contribution in [1.82, 2.24) is 9.97 Å². The van der Waals surface area contributed by atoms with E-state index in [0.717, 1.165) is 0 Å². The van der Waals surface area contributed by atoms with E-state index in [1.54, 1.807) is 6.07 Å². The molecule has 6 heteroatoms. The van der Waals surface area contributed by atoms with Crippen LogP contribution in [-0.4, -0.2) is 41.9 Å². The molecule has 19 heavy (non-hydrogen) atoms. The van der Waals surface area contributed by atoms with Crippen LogP contribution in [0.2, 0.25) is 0 Å². The van der Waals surface area contributed by atoms with Crippen molar-refractivity contribution in [3.8, 4) is 5.75 Å². The Hall–Kier alpha value is -1.95. The Kier molecular flexibility index (Phi) is 4.11. The molecule has 0 aliphatic heterocycles. The van der Waals surface area contributed by atoms with Gasteiger partial charge in [-0.1, -0.05) is 0 Å². The van der Waals surface area contributed by atoms with Gasteiger partial charge < -0.3 is 14.7 Å². The maximum atomic E-state index is 13.6. The van der Waals surface area contributed by atoms with Crippen LogP contribution in [0.3, 0.4) is 0 Å². The second-order valence-corrected chi connectivity index (χ2v) is 4.00. The maximum Gasteiger partial charge on any atom is 0.167 e. The van der Waals surface area contributed by atoms with E-state index in [-0.39, 0.29) is 12.4 Å². The number of ether oxygens (including phenoxy) is 1. The van der Waals surface area contributed by atoms with Gasteiger partial charge in [0.1, 0.15) is 12.1 Å². The first-order valence-electron chi connectivity index (χ1n) is 6.05. The van der Waals surface area contributed by atoms with Crippen LogP contribution in [0, 0.1) is 5.82 Å². The molecule has 2 aromatic rings. The van der Waals surface area contributed by atoms with E-state index in [0.29, 0.717) is 29.8 Å². The Morgan fingerprint density at radius 2 is 2.16 bits per heavy atom. The smallest absolute Gasteiger partial charge is 0.167 e. The van der Waals surface area contributed by atoms with Gasteiger partial charge in [0.25, 0.3) is 0 Å². The summed E-state index contributed by atoms with van der Waals surface area (Å²) in [4.78, 5) is 10.2. The van der Waals surface area contributed by atoms with Crippen molar-refractivity contribution in [3.05, 3.63) is 24.3 Å². The molecule has 0 aliphatic carbocycles. The van der Waals surface area contributed by atoms with Crippen molar-refractivity contribution in [2.45, 2.75) is 6.92 Å². The number of methoxy groups -OCH3 is 1. The summed E-state index contributed by atoms with van der Waals surface area (Å²) in [6.45, 7) is 3.14. The second kappa shape index (κ2) is 5.79. The molecule has 0 bridgehead atoms. The van der Waals surface area contributed by atoms with Crippen LogP contribution in [0.4, 0.5) is 10.2 Å². The number of fused-ring (bicyclic) bond motifs is 1. The third kappa shape index (κ3) is 2.58. The summed E-state index contributed by atoms with van der Waals surface area (Å²) in [7, 11) is 1.42. The lowest BCUT2D eigenvalue weighted by Gasteiger charge is -2.22. The summed E-state index contributed by atoms with van der Waals surface area (Å²) < 4.78 is 18.6. The van der Waals surface area contributed by atoms with Crippen LogP contribution in [0.1, 0.15) is 6.92 Å². The van der Waals surface area contributed by atoms with Gasteiger partial charge in [0.15, 0.2) is 11.6 Å². The fourth-order valence-corrected chi connectivity index (χ4v) is 1.99. The Balaban J connectivity index is 2.60. The summed E-state index contributed by atoms with van der Waals surface area (Å²) in [5.74, 6) is 0.369. The molecule has 0 atom stereocenters. The monoisotopic (exact) mass is 265 g/mol. The number of rotatable bonds is 5. The molecular formula is C13H16FN3O2. The summed E-state index contributed by atoms with van der Waals surface area (Å²) >= 11 is 0. The Morgan fingerprint density at radius 3 is 2.79 bits per heavy atom. The third-order valence-electron chi connectivity index (χ3n) is 2.94. The van der Waals surface area contributed by atoms with Crippen molar-refractivity contribution < 1.29 is 14.2 Å². The molecule has 0 aliphatic rings. The number of aliphatic hydroxyl groups excluding tert-OH is 1.